The van der Waals surface area contributed by atoms with Crippen molar-refractivity contribution >= 4 is 23.0 Å². The number of rotatable bonds is 11. The van der Waals surface area contributed by atoms with Crippen LogP contribution >= 0.6 is 0 Å². The van der Waals surface area contributed by atoms with Gasteiger partial charge in [0, 0.05) is 37.3 Å². The Kier molecular flexibility index (Phi) is 10.3. The third-order valence-electron chi connectivity index (χ3n) is 7.46. The van der Waals surface area contributed by atoms with E-state index in [1.807, 2.05) is 10.6 Å². The molecule has 5 aromatic rings. The third-order valence-corrected chi connectivity index (χ3v) is 7.46. The largest absolute Gasteiger partial charge is 0.473 e. The van der Waals surface area contributed by atoms with E-state index in [-0.39, 0.29) is 41.3 Å². The summed E-state index contributed by atoms with van der Waals surface area (Å²) in [5, 5.41) is 9.03. The van der Waals surface area contributed by atoms with Crippen LogP contribution in [0.5, 0.6) is 5.88 Å². The molecule has 0 saturated carbocycles. The lowest BCUT2D eigenvalue weighted by molar-refractivity contribution is 0.00686. The molecule has 0 N–H and O–H groups in total. The monoisotopic (exact) mass is 668 g/mol. The molecule has 10 nitrogen and oxygen atoms in total. The van der Waals surface area contributed by atoms with Crippen LogP contribution in [0.25, 0.3) is 22.3 Å². The maximum Gasteiger partial charge on any atom is 0.338 e. The number of nitrogens with zero attached hydrogens (tertiary/aromatic N) is 4. The number of hydrogen-bond donors (Lipinski definition) is 0. The van der Waals surface area contributed by atoms with Crippen molar-refractivity contribution in [2.45, 2.75) is 45.9 Å². The van der Waals surface area contributed by atoms with Crippen LogP contribution in [-0.4, -0.2) is 52.9 Å². The molecule has 2 aromatic heterocycles. The van der Waals surface area contributed by atoms with Crippen LogP contribution < -0.4 is 4.74 Å². The van der Waals surface area contributed by atoms with Gasteiger partial charge in [-0.25, -0.2) is 28.3 Å². The van der Waals surface area contributed by atoms with Gasteiger partial charge in [-0.2, -0.15) is 5.26 Å². The Morgan fingerprint density at radius 2 is 1.63 bits per heavy atom. The molecular formula is C37H34F2N4O6. The molecule has 0 aliphatic rings. The van der Waals surface area contributed by atoms with Gasteiger partial charge in [-0.05, 0) is 68.8 Å². The molecule has 0 aliphatic heterocycles. The molecule has 0 fully saturated rings. The average Bonchev–Trinajstić information content (AvgIpc) is 3.42. The van der Waals surface area contributed by atoms with Crippen molar-refractivity contribution in [1.82, 2.24) is 14.5 Å². The SMILES string of the molecule is COCCn1c(Cc2ccc(-c3cc(C(=O)OC(C)(C)C)cc(OCc4ccc(C#N)cc4F)n3)cc2F)nc2ccc(C(=O)OC)cc21. The molecule has 2 heterocycles. The molecule has 5 rings (SSSR count). The lowest BCUT2D eigenvalue weighted by Gasteiger charge is -2.20. The predicted octanol–water partition coefficient (Wildman–Crippen LogP) is 6.81. The van der Waals surface area contributed by atoms with Crippen LogP contribution in [0.1, 0.15) is 64.0 Å². The minimum absolute atomic E-state index is 0.00946. The Balaban J connectivity index is 1.47. The lowest BCUT2D eigenvalue weighted by Crippen LogP contribution is -2.24. The highest BCUT2D eigenvalue weighted by molar-refractivity contribution is 5.94. The van der Waals surface area contributed by atoms with Crippen LogP contribution in [-0.2, 0) is 33.8 Å². The Labute approximate surface area is 281 Å². The van der Waals surface area contributed by atoms with E-state index in [4.69, 9.17) is 29.2 Å². The second-order valence-corrected chi connectivity index (χ2v) is 12.1. The number of fused-ring (bicyclic) bond motifs is 1. The smallest absolute Gasteiger partial charge is 0.338 e. The highest BCUT2D eigenvalue weighted by atomic mass is 19.1. The summed E-state index contributed by atoms with van der Waals surface area (Å²) >= 11 is 0. The lowest BCUT2D eigenvalue weighted by atomic mass is 10.0. The zero-order valence-corrected chi connectivity index (χ0v) is 27.7. The molecule has 12 heteroatoms. The first kappa shape index (κ1) is 34.7. The number of methoxy groups -OCH3 is 2. The molecule has 0 bridgehead atoms. The van der Waals surface area contributed by atoms with Crippen molar-refractivity contribution in [3.8, 4) is 23.2 Å². The Hall–Kier alpha value is -5.67. The zero-order valence-electron chi connectivity index (χ0n) is 27.7. The number of aromatic nitrogens is 3. The van der Waals surface area contributed by atoms with Gasteiger partial charge in [-0.1, -0.05) is 18.2 Å². The van der Waals surface area contributed by atoms with Crippen LogP contribution in [0.15, 0.2) is 66.7 Å². The highest BCUT2D eigenvalue weighted by Crippen LogP contribution is 2.28. The van der Waals surface area contributed by atoms with Crippen LogP contribution in [0, 0.1) is 23.0 Å². The third kappa shape index (κ3) is 8.25. The van der Waals surface area contributed by atoms with E-state index in [1.165, 1.54) is 37.4 Å². The number of benzene rings is 3. The predicted molar refractivity (Wildman–Crippen MR) is 176 cm³/mol. The summed E-state index contributed by atoms with van der Waals surface area (Å²) in [7, 11) is 2.88. The molecule has 3 aromatic carbocycles. The van der Waals surface area contributed by atoms with E-state index >= 15 is 4.39 Å². The Morgan fingerprint density at radius 1 is 0.878 bits per heavy atom. The van der Waals surface area contributed by atoms with Gasteiger partial charge in [0.25, 0.3) is 0 Å². The summed E-state index contributed by atoms with van der Waals surface area (Å²) in [5.74, 6) is -1.73. The van der Waals surface area contributed by atoms with Crippen molar-refractivity contribution in [2.24, 2.45) is 0 Å². The fourth-order valence-corrected chi connectivity index (χ4v) is 5.07. The molecule has 0 aliphatic carbocycles. The molecule has 0 spiro atoms. The quantitative estimate of drug-likeness (QED) is 0.140. The van der Waals surface area contributed by atoms with E-state index in [0.29, 0.717) is 46.7 Å². The summed E-state index contributed by atoms with van der Waals surface area (Å²) in [6.45, 7) is 5.74. The molecule has 0 radical (unpaired) electrons. The topological polar surface area (TPSA) is 126 Å². The number of pyridine rings is 1. The van der Waals surface area contributed by atoms with Crippen molar-refractivity contribution in [3.63, 3.8) is 0 Å². The zero-order chi connectivity index (χ0) is 35.3. The molecule has 0 unspecified atom stereocenters. The average molecular weight is 669 g/mol. The van der Waals surface area contributed by atoms with Crippen LogP contribution in [0.3, 0.4) is 0 Å². The first-order chi connectivity index (χ1) is 23.4. The highest BCUT2D eigenvalue weighted by Gasteiger charge is 2.21. The minimum atomic E-state index is -0.790. The van der Waals surface area contributed by atoms with Crippen molar-refractivity contribution < 1.29 is 37.3 Å². The van der Waals surface area contributed by atoms with Crippen molar-refractivity contribution in [2.75, 3.05) is 20.8 Å². The first-order valence-electron chi connectivity index (χ1n) is 15.3. The number of ether oxygens (including phenoxy) is 4. The van der Waals surface area contributed by atoms with Crippen molar-refractivity contribution in [1.29, 1.82) is 5.26 Å². The maximum absolute atomic E-state index is 15.8. The number of nitriles is 1. The number of carbonyl (C=O) groups excluding carboxylic acids is 2. The summed E-state index contributed by atoms with van der Waals surface area (Å²) in [5.41, 5.74) is 2.28. The van der Waals surface area contributed by atoms with Gasteiger partial charge in [0.15, 0.2) is 0 Å². The first-order valence-corrected chi connectivity index (χ1v) is 15.3. The van der Waals surface area contributed by atoms with Gasteiger partial charge in [-0.3, -0.25) is 0 Å². The molecule has 0 saturated heterocycles. The van der Waals surface area contributed by atoms with E-state index < -0.39 is 29.2 Å². The van der Waals surface area contributed by atoms with Crippen LogP contribution in [0.4, 0.5) is 8.78 Å². The van der Waals surface area contributed by atoms with Gasteiger partial charge in [0.2, 0.25) is 5.88 Å². The summed E-state index contributed by atoms with van der Waals surface area (Å²) in [6.07, 6.45) is 0.133. The van der Waals surface area contributed by atoms with Gasteiger partial charge < -0.3 is 23.5 Å². The fourth-order valence-electron chi connectivity index (χ4n) is 5.07. The Morgan fingerprint density at radius 3 is 2.31 bits per heavy atom. The minimum Gasteiger partial charge on any atom is -0.473 e. The molecule has 0 atom stereocenters. The number of imidazole rings is 1. The number of halogens is 2. The molecule has 0 amide bonds. The van der Waals surface area contributed by atoms with Crippen molar-refractivity contribution in [3.05, 3.63) is 112 Å². The molecule has 252 valence electrons. The second-order valence-electron chi connectivity index (χ2n) is 12.1. The standard InChI is InChI=1S/C37H34F2N4O6/c1-37(2,3)49-36(45)27-16-31(42-34(19-27)48-21-26-7-6-22(20-40)14-28(26)38)24-9-8-23(29(39)15-24)18-33-41-30-11-10-25(35(44)47-5)17-32(30)43(33)12-13-46-4/h6-11,14-17,19H,12-13,18,21H2,1-5H3. The summed E-state index contributed by atoms with van der Waals surface area (Å²) < 4.78 is 53.7. The van der Waals surface area contributed by atoms with E-state index in [0.717, 1.165) is 6.07 Å². The summed E-state index contributed by atoms with van der Waals surface area (Å²) in [4.78, 5) is 34.4. The number of hydrogen-bond acceptors (Lipinski definition) is 9. The van der Waals surface area contributed by atoms with E-state index in [9.17, 15) is 14.0 Å². The summed E-state index contributed by atoms with van der Waals surface area (Å²) in [6, 6.07) is 18.3. The van der Waals surface area contributed by atoms with Gasteiger partial charge in [0.1, 0.15) is 29.7 Å². The van der Waals surface area contributed by atoms with Gasteiger partial charge in [-0.15, -0.1) is 0 Å². The second kappa shape index (κ2) is 14.6. The van der Waals surface area contributed by atoms with Gasteiger partial charge in [0.05, 0.1) is 53.2 Å². The molecule has 49 heavy (non-hydrogen) atoms. The van der Waals surface area contributed by atoms with E-state index in [1.54, 1.807) is 58.2 Å². The fraction of sp³-hybridized carbons (Fsp3) is 0.270. The maximum atomic E-state index is 15.8. The number of carbonyl (C=O) groups is 2. The Bertz CT molecular complexity index is 2080. The van der Waals surface area contributed by atoms with E-state index in [2.05, 4.69) is 4.98 Å². The normalized spacial score (nSPS) is 11.3. The van der Waals surface area contributed by atoms with Gasteiger partial charge >= 0.3 is 11.9 Å². The number of esters is 2. The molecular weight excluding hydrogens is 634 g/mol. The van der Waals surface area contributed by atoms with Crippen LogP contribution in [0.2, 0.25) is 0 Å².